The van der Waals surface area contributed by atoms with Gasteiger partial charge in [0.15, 0.2) is 0 Å². The SMILES string of the molecule is OCCN[C@@H]1Cc2cc(Cl)ccc2-n2c(nnc2[C@H]2CC[C@H](Oc3ccccn3)CC2)C1. The van der Waals surface area contributed by atoms with E-state index in [4.69, 9.17) is 16.3 Å². The van der Waals surface area contributed by atoms with Gasteiger partial charge in [-0.05, 0) is 61.9 Å². The van der Waals surface area contributed by atoms with E-state index in [9.17, 15) is 5.11 Å². The Balaban J connectivity index is 1.38. The van der Waals surface area contributed by atoms with Crippen molar-refractivity contribution >= 4 is 11.6 Å². The maximum Gasteiger partial charge on any atom is 0.213 e. The molecular formula is C24H28ClN5O2. The zero-order valence-corrected chi connectivity index (χ0v) is 18.7. The first-order chi connectivity index (χ1) is 15.7. The van der Waals surface area contributed by atoms with E-state index in [1.165, 1.54) is 5.56 Å². The van der Waals surface area contributed by atoms with Gasteiger partial charge in [0.05, 0.1) is 12.3 Å². The molecule has 3 heterocycles. The second-order valence-electron chi connectivity index (χ2n) is 8.63. The maximum absolute atomic E-state index is 9.26. The maximum atomic E-state index is 9.26. The van der Waals surface area contributed by atoms with Crippen molar-refractivity contribution in [2.45, 2.75) is 56.6 Å². The lowest BCUT2D eigenvalue weighted by Gasteiger charge is -2.28. The number of aromatic nitrogens is 4. The number of nitrogens with zero attached hydrogens (tertiary/aromatic N) is 4. The first kappa shape index (κ1) is 21.4. The smallest absolute Gasteiger partial charge is 0.213 e. The summed E-state index contributed by atoms with van der Waals surface area (Å²) in [6, 6.07) is 12.0. The van der Waals surface area contributed by atoms with E-state index in [-0.39, 0.29) is 18.8 Å². The van der Waals surface area contributed by atoms with Crippen LogP contribution in [0, 0.1) is 0 Å². The monoisotopic (exact) mass is 453 g/mol. The van der Waals surface area contributed by atoms with Crippen LogP contribution in [-0.4, -0.2) is 50.2 Å². The molecule has 5 rings (SSSR count). The molecule has 0 spiro atoms. The predicted molar refractivity (Wildman–Crippen MR) is 123 cm³/mol. The van der Waals surface area contributed by atoms with Crippen LogP contribution in [0.2, 0.25) is 5.02 Å². The highest BCUT2D eigenvalue weighted by molar-refractivity contribution is 6.30. The third kappa shape index (κ3) is 4.51. The number of halogens is 1. The Morgan fingerprint density at radius 2 is 1.97 bits per heavy atom. The number of aliphatic hydroxyl groups excluding tert-OH is 1. The second kappa shape index (κ2) is 9.57. The summed E-state index contributed by atoms with van der Waals surface area (Å²) >= 11 is 6.33. The number of aliphatic hydroxyl groups is 1. The van der Waals surface area contributed by atoms with Gasteiger partial charge < -0.3 is 15.2 Å². The average molecular weight is 454 g/mol. The van der Waals surface area contributed by atoms with E-state index < -0.39 is 0 Å². The molecule has 168 valence electrons. The van der Waals surface area contributed by atoms with Crippen LogP contribution in [0.5, 0.6) is 5.88 Å². The summed E-state index contributed by atoms with van der Waals surface area (Å²) in [6.45, 7) is 0.669. The van der Waals surface area contributed by atoms with Crippen LogP contribution in [0.4, 0.5) is 0 Å². The van der Waals surface area contributed by atoms with Crippen molar-refractivity contribution < 1.29 is 9.84 Å². The molecule has 3 aromatic rings. The molecule has 2 N–H and O–H groups in total. The summed E-state index contributed by atoms with van der Waals surface area (Å²) in [7, 11) is 0. The van der Waals surface area contributed by atoms with Crippen LogP contribution < -0.4 is 10.1 Å². The van der Waals surface area contributed by atoms with Gasteiger partial charge in [-0.2, -0.15) is 0 Å². The Morgan fingerprint density at radius 3 is 2.75 bits per heavy atom. The molecule has 1 aliphatic carbocycles. The van der Waals surface area contributed by atoms with Gasteiger partial charge in [-0.1, -0.05) is 17.7 Å². The molecule has 1 atom stereocenters. The lowest BCUT2D eigenvalue weighted by molar-refractivity contribution is 0.139. The van der Waals surface area contributed by atoms with Crippen molar-refractivity contribution in [1.29, 1.82) is 0 Å². The molecule has 0 radical (unpaired) electrons. The van der Waals surface area contributed by atoms with Crippen molar-refractivity contribution in [1.82, 2.24) is 25.1 Å². The Hall–Kier alpha value is -2.48. The summed E-state index contributed by atoms with van der Waals surface area (Å²) in [5.41, 5.74) is 2.30. The number of ether oxygens (including phenoxy) is 1. The van der Waals surface area contributed by atoms with E-state index in [1.807, 2.05) is 30.3 Å². The molecule has 2 aliphatic rings. The molecule has 0 unspecified atom stereocenters. The van der Waals surface area contributed by atoms with E-state index in [0.717, 1.165) is 60.9 Å². The number of fused-ring (bicyclic) bond motifs is 3. The molecule has 2 aromatic heterocycles. The lowest BCUT2D eigenvalue weighted by Crippen LogP contribution is -2.35. The Bertz CT molecular complexity index is 1050. The molecule has 32 heavy (non-hydrogen) atoms. The number of hydrogen-bond acceptors (Lipinski definition) is 6. The minimum Gasteiger partial charge on any atom is -0.474 e. The van der Waals surface area contributed by atoms with Gasteiger partial charge in [-0.3, -0.25) is 4.57 Å². The molecule has 8 heteroatoms. The van der Waals surface area contributed by atoms with Crippen LogP contribution in [0.25, 0.3) is 5.69 Å². The zero-order valence-electron chi connectivity index (χ0n) is 18.0. The van der Waals surface area contributed by atoms with Crippen LogP contribution in [-0.2, 0) is 12.8 Å². The summed E-state index contributed by atoms with van der Waals surface area (Å²) < 4.78 is 8.32. The molecule has 0 amide bonds. The average Bonchev–Trinajstić information content (AvgIpc) is 3.15. The van der Waals surface area contributed by atoms with Gasteiger partial charge in [-0.25, -0.2) is 4.98 Å². The predicted octanol–water partition coefficient (Wildman–Crippen LogP) is 3.47. The number of benzene rings is 1. The van der Waals surface area contributed by atoms with Gasteiger partial charge in [0, 0.05) is 42.2 Å². The Kier molecular flexibility index (Phi) is 6.39. The molecule has 1 saturated carbocycles. The van der Waals surface area contributed by atoms with Gasteiger partial charge in [0.25, 0.3) is 0 Å². The third-order valence-electron chi connectivity index (χ3n) is 6.44. The Morgan fingerprint density at radius 1 is 1.09 bits per heavy atom. The number of hydrogen-bond donors (Lipinski definition) is 2. The molecule has 0 saturated heterocycles. The fourth-order valence-electron chi connectivity index (χ4n) is 4.92. The minimum absolute atomic E-state index is 0.112. The summed E-state index contributed by atoms with van der Waals surface area (Å²) in [6.07, 6.45) is 7.50. The van der Waals surface area contributed by atoms with Crippen LogP contribution in [0.1, 0.15) is 48.8 Å². The molecule has 0 bridgehead atoms. The zero-order chi connectivity index (χ0) is 21.9. The molecular weight excluding hydrogens is 426 g/mol. The summed E-state index contributed by atoms with van der Waals surface area (Å²) in [5, 5.41) is 22.7. The fraction of sp³-hybridized carbons (Fsp3) is 0.458. The van der Waals surface area contributed by atoms with Crippen molar-refractivity contribution in [3.05, 3.63) is 64.8 Å². The van der Waals surface area contributed by atoms with Crippen LogP contribution in [0.15, 0.2) is 42.6 Å². The fourth-order valence-corrected chi connectivity index (χ4v) is 5.12. The van der Waals surface area contributed by atoms with E-state index >= 15 is 0 Å². The first-order valence-corrected chi connectivity index (χ1v) is 11.7. The van der Waals surface area contributed by atoms with Crippen LogP contribution >= 0.6 is 11.6 Å². The van der Waals surface area contributed by atoms with Crippen LogP contribution in [0.3, 0.4) is 0 Å². The molecule has 1 fully saturated rings. The summed E-state index contributed by atoms with van der Waals surface area (Å²) in [4.78, 5) is 4.29. The Labute approximate surface area is 192 Å². The lowest BCUT2D eigenvalue weighted by atomic mass is 9.86. The normalized spacial score (nSPS) is 22.6. The largest absolute Gasteiger partial charge is 0.474 e. The van der Waals surface area contributed by atoms with E-state index in [2.05, 4.69) is 31.1 Å². The quantitative estimate of drug-likeness (QED) is 0.594. The number of nitrogens with one attached hydrogen (secondary N) is 1. The number of rotatable bonds is 6. The highest BCUT2D eigenvalue weighted by Crippen LogP contribution is 2.36. The van der Waals surface area contributed by atoms with Crippen molar-refractivity contribution in [2.75, 3.05) is 13.2 Å². The van der Waals surface area contributed by atoms with E-state index in [1.54, 1.807) is 6.20 Å². The van der Waals surface area contributed by atoms with Crippen molar-refractivity contribution in [3.8, 4) is 11.6 Å². The molecule has 1 aliphatic heterocycles. The minimum atomic E-state index is 0.112. The van der Waals surface area contributed by atoms with Crippen molar-refractivity contribution in [3.63, 3.8) is 0 Å². The van der Waals surface area contributed by atoms with Gasteiger partial charge in [0.2, 0.25) is 5.88 Å². The van der Waals surface area contributed by atoms with Gasteiger partial charge in [-0.15, -0.1) is 10.2 Å². The number of pyridine rings is 1. The van der Waals surface area contributed by atoms with E-state index in [0.29, 0.717) is 18.3 Å². The van der Waals surface area contributed by atoms with Gasteiger partial charge in [0.1, 0.15) is 17.8 Å². The standard InChI is InChI=1S/C24H28ClN5O2/c25-18-6-9-21-17(13-18)14-19(26-11-12-31)15-22-28-29-24(30(21)22)16-4-7-20(8-5-16)32-23-3-1-2-10-27-23/h1-3,6,9-10,13,16,19-20,26,31H,4-5,7-8,11-12,14-15H2/t16-,19-,20-/m1/s1. The highest BCUT2D eigenvalue weighted by Gasteiger charge is 2.31. The van der Waals surface area contributed by atoms with Gasteiger partial charge >= 0.3 is 0 Å². The topological polar surface area (TPSA) is 85.1 Å². The first-order valence-electron chi connectivity index (χ1n) is 11.4. The summed E-state index contributed by atoms with van der Waals surface area (Å²) in [5.74, 6) is 3.02. The third-order valence-corrected chi connectivity index (χ3v) is 6.68. The molecule has 7 nitrogen and oxygen atoms in total. The van der Waals surface area contributed by atoms with Crippen molar-refractivity contribution in [2.24, 2.45) is 0 Å². The molecule has 1 aromatic carbocycles. The highest BCUT2D eigenvalue weighted by atomic mass is 35.5. The second-order valence-corrected chi connectivity index (χ2v) is 9.06.